The van der Waals surface area contributed by atoms with Crippen LogP contribution in [0.25, 0.3) is 6.08 Å². The predicted octanol–water partition coefficient (Wildman–Crippen LogP) is 1.87. The highest BCUT2D eigenvalue weighted by atomic mass is 16.5. The molecule has 0 bridgehead atoms. The molecule has 2 aromatic carbocycles. The number of nitrogens with one attached hydrogen (secondary N) is 2. The van der Waals surface area contributed by atoms with E-state index < -0.39 is 11.8 Å². The highest BCUT2D eigenvalue weighted by molar-refractivity contribution is 6.04. The minimum absolute atomic E-state index is 0.369. The summed E-state index contributed by atoms with van der Waals surface area (Å²) in [6.45, 7) is 3.27. The van der Waals surface area contributed by atoms with Crippen LogP contribution in [0.15, 0.2) is 60.7 Å². The average molecular weight is 408 g/mol. The third kappa shape index (κ3) is 6.00. The summed E-state index contributed by atoms with van der Waals surface area (Å²) >= 11 is 0. The summed E-state index contributed by atoms with van der Waals surface area (Å²) in [6, 6.07) is 16.1. The number of urea groups is 1. The second-order valence-electron chi connectivity index (χ2n) is 6.94. The van der Waals surface area contributed by atoms with Crippen molar-refractivity contribution in [2.45, 2.75) is 6.54 Å². The first-order valence-electron chi connectivity index (χ1n) is 9.64. The zero-order chi connectivity index (χ0) is 21.3. The lowest BCUT2D eigenvalue weighted by atomic mass is 10.1. The number of piperazine rings is 1. The molecular weight excluding hydrogens is 384 g/mol. The fourth-order valence-corrected chi connectivity index (χ4v) is 3.15. The molecular formula is C22H24N4O4. The summed E-state index contributed by atoms with van der Waals surface area (Å²) in [5.74, 6) is -0.972. The molecule has 0 saturated carbocycles. The van der Waals surface area contributed by atoms with E-state index in [-0.39, 0.29) is 6.03 Å². The van der Waals surface area contributed by atoms with Gasteiger partial charge >= 0.3 is 6.03 Å². The van der Waals surface area contributed by atoms with Gasteiger partial charge in [-0.05, 0) is 29.3 Å². The number of rotatable bonds is 5. The van der Waals surface area contributed by atoms with Crippen LogP contribution in [0.2, 0.25) is 0 Å². The second kappa shape index (κ2) is 10.3. The van der Waals surface area contributed by atoms with E-state index in [0.717, 1.165) is 17.7 Å². The minimum atomic E-state index is -0.577. The Bertz CT molecular complexity index is 904. The zero-order valence-electron chi connectivity index (χ0n) is 16.5. The van der Waals surface area contributed by atoms with Gasteiger partial charge in [-0.2, -0.15) is 0 Å². The maximum Gasteiger partial charge on any atom is 0.324 e. The van der Waals surface area contributed by atoms with Gasteiger partial charge in [0.2, 0.25) is 0 Å². The van der Waals surface area contributed by atoms with Crippen LogP contribution in [0.1, 0.15) is 21.5 Å². The Morgan fingerprint density at radius 2 is 1.60 bits per heavy atom. The third-order valence-electron chi connectivity index (χ3n) is 4.84. The number of benzene rings is 2. The van der Waals surface area contributed by atoms with Gasteiger partial charge in [-0.1, -0.05) is 42.5 Å². The number of hydrogen-bond acceptors (Lipinski definition) is 5. The van der Waals surface area contributed by atoms with Gasteiger partial charge in [-0.3, -0.25) is 25.0 Å². The fraction of sp³-hybridized carbons (Fsp3) is 0.227. The Morgan fingerprint density at radius 3 is 2.23 bits per heavy atom. The lowest BCUT2D eigenvalue weighted by Gasteiger charge is -2.34. The topological polar surface area (TPSA) is 102 Å². The molecule has 0 spiro atoms. The van der Waals surface area contributed by atoms with Crippen molar-refractivity contribution in [3.05, 3.63) is 77.4 Å². The molecule has 0 atom stereocenters. The summed E-state index contributed by atoms with van der Waals surface area (Å²) in [5, 5.41) is 10.9. The van der Waals surface area contributed by atoms with Crippen LogP contribution in [-0.2, 0) is 11.3 Å². The minimum Gasteiger partial charge on any atom is -0.322 e. The monoisotopic (exact) mass is 408 g/mol. The van der Waals surface area contributed by atoms with E-state index in [1.807, 2.05) is 30.3 Å². The number of imide groups is 1. The summed E-state index contributed by atoms with van der Waals surface area (Å²) in [5.41, 5.74) is 3.98. The van der Waals surface area contributed by atoms with Crippen molar-refractivity contribution in [2.24, 2.45) is 0 Å². The van der Waals surface area contributed by atoms with E-state index in [1.165, 1.54) is 6.08 Å². The maximum absolute atomic E-state index is 12.3. The summed E-state index contributed by atoms with van der Waals surface area (Å²) in [7, 11) is 0. The van der Waals surface area contributed by atoms with Gasteiger partial charge in [0, 0.05) is 44.4 Å². The van der Waals surface area contributed by atoms with Crippen LogP contribution in [-0.4, -0.2) is 59.0 Å². The van der Waals surface area contributed by atoms with E-state index in [0.29, 0.717) is 31.7 Å². The van der Waals surface area contributed by atoms with Crippen molar-refractivity contribution in [1.29, 1.82) is 0 Å². The molecule has 156 valence electrons. The third-order valence-corrected chi connectivity index (χ3v) is 4.84. The number of hydroxylamine groups is 1. The Hall–Kier alpha value is -3.49. The zero-order valence-corrected chi connectivity index (χ0v) is 16.5. The fourth-order valence-electron chi connectivity index (χ4n) is 3.15. The van der Waals surface area contributed by atoms with E-state index in [1.54, 1.807) is 40.7 Å². The van der Waals surface area contributed by atoms with Crippen LogP contribution < -0.4 is 10.8 Å². The number of carbonyl (C=O) groups excluding carboxylic acids is 3. The molecule has 30 heavy (non-hydrogen) atoms. The predicted molar refractivity (Wildman–Crippen MR) is 112 cm³/mol. The smallest absolute Gasteiger partial charge is 0.322 e. The average Bonchev–Trinajstić information content (AvgIpc) is 2.79. The van der Waals surface area contributed by atoms with Gasteiger partial charge in [-0.15, -0.1) is 0 Å². The molecule has 4 amide bonds. The standard InChI is InChI=1S/C22H24N4O4/c27-20(24-30)11-10-17-6-8-18(9-7-17)16-25-12-14-26(15-13-25)22(29)23-21(28)19-4-2-1-3-5-19/h1-11,30H,12-16H2,(H,24,27)(H,23,28,29). The van der Waals surface area contributed by atoms with Gasteiger partial charge < -0.3 is 4.90 Å². The second-order valence-corrected chi connectivity index (χ2v) is 6.94. The first kappa shape index (κ1) is 21.2. The molecule has 1 aliphatic heterocycles. The largest absolute Gasteiger partial charge is 0.324 e. The van der Waals surface area contributed by atoms with Crippen LogP contribution >= 0.6 is 0 Å². The van der Waals surface area contributed by atoms with Crippen LogP contribution in [0.4, 0.5) is 4.79 Å². The Balaban J connectivity index is 1.45. The maximum atomic E-state index is 12.3. The molecule has 0 aromatic heterocycles. The van der Waals surface area contributed by atoms with Gasteiger partial charge in [0.1, 0.15) is 0 Å². The number of hydrogen-bond donors (Lipinski definition) is 3. The van der Waals surface area contributed by atoms with Crippen molar-refractivity contribution in [3.63, 3.8) is 0 Å². The first-order valence-corrected chi connectivity index (χ1v) is 9.64. The first-order chi connectivity index (χ1) is 14.5. The summed E-state index contributed by atoms with van der Waals surface area (Å²) in [4.78, 5) is 39.4. The van der Waals surface area contributed by atoms with E-state index in [2.05, 4.69) is 10.2 Å². The molecule has 0 aliphatic carbocycles. The molecule has 8 nitrogen and oxygen atoms in total. The molecule has 0 unspecified atom stereocenters. The van der Waals surface area contributed by atoms with E-state index in [4.69, 9.17) is 5.21 Å². The molecule has 1 saturated heterocycles. The van der Waals surface area contributed by atoms with Crippen molar-refractivity contribution in [3.8, 4) is 0 Å². The lowest BCUT2D eigenvalue weighted by molar-refractivity contribution is -0.124. The Kier molecular flexibility index (Phi) is 7.31. The molecule has 1 fully saturated rings. The van der Waals surface area contributed by atoms with Gasteiger partial charge in [0.15, 0.2) is 0 Å². The van der Waals surface area contributed by atoms with Gasteiger partial charge in [0.05, 0.1) is 0 Å². The van der Waals surface area contributed by atoms with Crippen molar-refractivity contribution in [2.75, 3.05) is 26.2 Å². The number of carbonyl (C=O) groups is 3. The highest BCUT2D eigenvalue weighted by Crippen LogP contribution is 2.11. The SMILES string of the molecule is O=C(C=Cc1ccc(CN2CCN(C(=O)NC(=O)c3ccccc3)CC2)cc1)NO. The normalized spacial score (nSPS) is 14.5. The van der Waals surface area contributed by atoms with Gasteiger partial charge in [0.25, 0.3) is 11.8 Å². The molecule has 2 aromatic rings. The highest BCUT2D eigenvalue weighted by Gasteiger charge is 2.22. The summed E-state index contributed by atoms with van der Waals surface area (Å²) < 4.78 is 0. The molecule has 1 aliphatic rings. The lowest BCUT2D eigenvalue weighted by Crippen LogP contribution is -2.52. The molecule has 3 rings (SSSR count). The van der Waals surface area contributed by atoms with Crippen LogP contribution in [0.5, 0.6) is 0 Å². The molecule has 0 radical (unpaired) electrons. The van der Waals surface area contributed by atoms with Gasteiger partial charge in [-0.25, -0.2) is 10.3 Å². The quantitative estimate of drug-likeness (QED) is 0.398. The van der Waals surface area contributed by atoms with E-state index in [9.17, 15) is 14.4 Å². The van der Waals surface area contributed by atoms with Crippen LogP contribution in [0, 0.1) is 0 Å². The summed E-state index contributed by atoms with van der Waals surface area (Å²) in [6.07, 6.45) is 2.87. The Labute approximate surface area is 174 Å². The number of amides is 4. The molecule has 1 heterocycles. The van der Waals surface area contributed by atoms with Crippen LogP contribution in [0.3, 0.4) is 0 Å². The molecule has 8 heteroatoms. The van der Waals surface area contributed by atoms with Crippen molar-refractivity contribution < 1.29 is 19.6 Å². The van der Waals surface area contributed by atoms with E-state index >= 15 is 0 Å². The molecule has 3 N–H and O–H groups in total. The van der Waals surface area contributed by atoms with Crippen molar-refractivity contribution in [1.82, 2.24) is 20.6 Å². The Morgan fingerprint density at radius 1 is 0.933 bits per heavy atom. The van der Waals surface area contributed by atoms with Crippen molar-refractivity contribution >= 4 is 23.9 Å². The number of nitrogens with zero attached hydrogens (tertiary/aromatic N) is 2.